The molecule has 0 atom stereocenters. The molecule has 108 valence electrons. The fraction of sp³-hybridized carbons (Fsp3) is 0.471. The largest absolute Gasteiger partial charge is 0.494 e. The van der Waals surface area contributed by atoms with Crippen LogP contribution < -0.4 is 4.74 Å². The fourth-order valence-corrected chi connectivity index (χ4v) is 2.35. The lowest BCUT2D eigenvalue weighted by atomic mass is 10.1. The van der Waals surface area contributed by atoms with E-state index in [1.807, 2.05) is 24.3 Å². The van der Waals surface area contributed by atoms with Crippen LogP contribution in [0, 0.1) is 0 Å². The number of rotatable bonds is 9. The molecule has 20 heavy (non-hydrogen) atoms. The molecule has 0 aliphatic heterocycles. The molecule has 2 rings (SSSR count). The normalized spacial score (nSPS) is 10.8. The minimum atomic E-state index is 0.605. The Morgan fingerprint density at radius 2 is 1.90 bits per heavy atom. The van der Waals surface area contributed by atoms with Crippen molar-refractivity contribution in [3.05, 3.63) is 30.0 Å². The molecule has 3 heteroatoms. The molecular weight excluding hydrogens is 250 g/mol. The molecule has 0 bridgehead atoms. The number of benzene rings is 1. The highest BCUT2D eigenvalue weighted by Crippen LogP contribution is 2.21. The lowest BCUT2D eigenvalue weighted by Crippen LogP contribution is -1.97. The van der Waals surface area contributed by atoms with Crippen LogP contribution in [0.5, 0.6) is 5.75 Å². The summed E-state index contributed by atoms with van der Waals surface area (Å²) in [6.45, 7) is 2.99. The molecule has 1 heterocycles. The molecule has 3 nitrogen and oxygen atoms in total. The Labute approximate surface area is 120 Å². The minimum absolute atomic E-state index is 0.605. The summed E-state index contributed by atoms with van der Waals surface area (Å²) in [5.74, 6) is 0.866. The summed E-state index contributed by atoms with van der Waals surface area (Å²) >= 11 is 0. The van der Waals surface area contributed by atoms with E-state index in [1.54, 1.807) is 0 Å². The van der Waals surface area contributed by atoms with Crippen molar-refractivity contribution in [3.8, 4) is 5.75 Å². The van der Waals surface area contributed by atoms with Gasteiger partial charge in [0.1, 0.15) is 5.75 Å². The van der Waals surface area contributed by atoms with Crippen LogP contribution in [0.4, 0.5) is 0 Å². The van der Waals surface area contributed by atoms with Gasteiger partial charge in [-0.05, 0) is 24.6 Å². The number of ether oxygens (including phenoxy) is 1. The third kappa shape index (κ3) is 4.12. The first kappa shape index (κ1) is 14.6. The van der Waals surface area contributed by atoms with Crippen molar-refractivity contribution < 1.29 is 9.53 Å². The molecule has 2 aromatic rings. The van der Waals surface area contributed by atoms with Gasteiger partial charge in [0.05, 0.1) is 12.3 Å². The molecule has 0 saturated heterocycles. The van der Waals surface area contributed by atoms with Gasteiger partial charge in [-0.2, -0.15) is 0 Å². The molecule has 1 aromatic carbocycles. The van der Waals surface area contributed by atoms with Crippen LogP contribution in [-0.2, 0) is 0 Å². The Morgan fingerprint density at radius 3 is 2.70 bits per heavy atom. The van der Waals surface area contributed by atoms with Gasteiger partial charge in [0, 0.05) is 17.0 Å². The first-order chi connectivity index (χ1) is 9.83. The molecule has 0 spiro atoms. The third-order valence-electron chi connectivity index (χ3n) is 3.51. The van der Waals surface area contributed by atoms with Crippen LogP contribution in [-0.4, -0.2) is 17.9 Å². The first-order valence-corrected chi connectivity index (χ1v) is 7.54. The molecule has 0 fully saturated rings. The zero-order valence-corrected chi connectivity index (χ0v) is 12.2. The Bertz CT molecular complexity index is 545. The van der Waals surface area contributed by atoms with E-state index < -0.39 is 0 Å². The summed E-state index contributed by atoms with van der Waals surface area (Å²) in [6.07, 6.45) is 8.43. The Kier molecular flexibility index (Phi) is 5.66. The van der Waals surface area contributed by atoms with Crippen molar-refractivity contribution in [2.24, 2.45) is 0 Å². The van der Waals surface area contributed by atoms with Gasteiger partial charge in [-0.25, -0.2) is 0 Å². The highest BCUT2D eigenvalue weighted by molar-refractivity contribution is 5.88. The lowest BCUT2D eigenvalue weighted by molar-refractivity contribution is 0.112. The van der Waals surface area contributed by atoms with Crippen LogP contribution >= 0.6 is 0 Å². The number of hydrogen-bond donors (Lipinski definition) is 1. The average Bonchev–Trinajstić information content (AvgIpc) is 2.88. The van der Waals surface area contributed by atoms with E-state index in [1.165, 1.54) is 32.1 Å². The van der Waals surface area contributed by atoms with E-state index in [0.29, 0.717) is 5.69 Å². The van der Waals surface area contributed by atoms with Gasteiger partial charge >= 0.3 is 0 Å². The molecule has 0 unspecified atom stereocenters. The predicted molar refractivity (Wildman–Crippen MR) is 82.6 cm³/mol. The maximum Gasteiger partial charge on any atom is 0.166 e. The second kappa shape index (κ2) is 7.73. The van der Waals surface area contributed by atoms with Crippen molar-refractivity contribution in [2.45, 2.75) is 45.4 Å². The van der Waals surface area contributed by atoms with Crippen molar-refractivity contribution in [3.63, 3.8) is 0 Å². The highest BCUT2D eigenvalue weighted by atomic mass is 16.5. The molecule has 0 aliphatic carbocycles. The maximum absolute atomic E-state index is 10.7. The fourth-order valence-electron chi connectivity index (χ4n) is 2.35. The summed E-state index contributed by atoms with van der Waals surface area (Å²) < 4.78 is 5.76. The van der Waals surface area contributed by atoms with Crippen molar-refractivity contribution in [2.75, 3.05) is 6.61 Å². The Morgan fingerprint density at radius 1 is 1.10 bits per heavy atom. The second-order valence-corrected chi connectivity index (χ2v) is 5.21. The number of aromatic nitrogens is 1. The van der Waals surface area contributed by atoms with Gasteiger partial charge in [-0.3, -0.25) is 4.79 Å². The maximum atomic E-state index is 10.7. The molecule has 0 aliphatic rings. The van der Waals surface area contributed by atoms with Gasteiger partial charge in [0.2, 0.25) is 0 Å². The summed E-state index contributed by atoms with van der Waals surface area (Å²) in [6, 6.07) is 7.75. The van der Waals surface area contributed by atoms with Crippen LogP contribution in [0.2, 0.25) is 0 Å². The Balaban J connectivity index is 1.77. The highest BCUT2D eigenvalue weighted by Gasteiger charge is 2.02. The number of nitrogens with one attached hydrogen (secondary N) is 1. The van der Waals surface area contributed by atoms with E-state index >= 15 is 0 Å². The van der Waals surface area contributed by atoms with Gasteiger partial charge in [-0.15, -0.1) is 0 Å². The Hall–Kier alpha value is -1.77. The number of aromatic amines is 1. The van der Waals surface area contributed by atoms with Crippen LogP contribution in [0.1, 0.15) is 55.9 Å². The number of fused-ring (bicyclic) bond motifs is 1. The molecule has 0 radical (unpaired) electrons. The minimum Gasteiger partial charge on any atom is -0.494 e. The van der Waals surface area contributed by atoms with Crippen LogP contribution in [0.25, 0.3) is 10.9 Å². The average molecular weight is 273 g/mol. The summed E-state index contributed by atoms with van der Waals surface area (Å²) in [7, 11) is 0. The smallest absolute Gasteiger partial charge is 0.166 e. The molecular formula is C17H23NO2. The van der Waals surface area contributed by atoms with Gasteiger partial charge in [0.25, 0.3) is 0 Å². The lowest BCUT2D eigenvalue weighted by Gasteiger charge is -2.06. The van der Waals surface area contributed by atoms with Crippen molar-refractivity contribution in [1.29, 1.82) is 0 Å². The number of carbonyl (C=O) groups is 1. The number of unbranched alkanes of at least 4 members (excludes halogenated alkanes) is 5. The number of carbonyl (C=O) groups excluding carboxylic acids is 1. The summed E-state index contributed by atoms with van der Waals surface area (Å²) in [5, 5.41) is 1.04. The van der Waals surface area contributed by atoms with E-state index in [-0.39, 0.29) is 0 Å². The molecule has 0 saturated carbocycles. The molecule has 1 N–H and O–H groups in total. The van der Waals surface area contributed by atoms with E-state index in [4.69, 9.17) is 4.74 Å². The van der Waals surface area contributed by atoms with Crippen LogP contribution in [0.15, 0.2) is 24.3 Å². The first-order valence-electron chi connectivity index (χ1n) is 7.54. The number of aldehydes is 1. The van der Waals surface area contributed by atoms with E-state index in [2.05, 4.69) is 11.9 Å². The molecule has 0 amide bonds. The second-order valence-electron chi connectivity index (χ2n) is 5.21. The van der Waals surface area contributed by atoms with Gasteiger partial charge < -0.3 is 9.72 Å². The van der Waals surface area contributed by atoms with Crippen LogP contribution in [0.3, 0.4) is 0 Å². The SMILES string of the molecule is CCCCCCCCOc1ccc2cc(C=O)[nH]c2c1. The van der Waals surface area contributed by atoms with E-state index in [0.717, 1.165) is 36.0 Å². The van der Waals surface area contributed by atoms with Gasteiger partial charge in [0.15, 0.2) is 6.29 Å². The zero-order chi connectivity index (χ0) is 14.2. The monoisotopic (exact) mass is 273 g/mol. The third-order valence-corrected chi connectivity index (χ3v) is 3.51. The zero-order valence-electron chi connectivity index (χ0n) is 12.2. The standard InChI is InChI=1S/C17H23NO2/c1-2-3-4-5-6-7-10-20-16-9-8-14-11-15(13-19)18-17(14)12-16/h8-9,11-13,18H,2-7,10H2,1H3. The quantitative estimate of drug-likeness (QED) is 0.530. The number of H-pyrrole nitrogens is 1. The van der Waals surface area contributed by atoms with E-state index in [9.17, 15) is 4.79 Å². The van der Waals surface area contributed by atoms with Gasteiger partial charge in [-0.1, -0.05) is 39.0 Å². The van der Waals surface area contributed by atoms with Crippen molar-refractivity contribution in [1.82, 2.24) is 4.98 Å². The predicted octanol–water partition coefficient (Wildman–Crippen LogP) is 4.72. The van der Waals surface area contributed by atoms with Crippen molar-refractivity contribution >= 4 is 17.2 Å². The summed E-state index contributed by atoms with van der Waals surface area (Å²) in [5.41, 5.74) is 1.56. The number of hydrogen-bond acceptors (Lipinski definition) is 2. The summed E-state index contributed by atoms with van der Waals surface area (Å²) in [4.78, 5) is 13.8. The molecule has 1 aromatic heterocycles. The topological polar surface area (TPSA) is 42.1 Å².